The first kappa shape index (κ1) is 144. The minimum atomic E-state index is -4.14. The van der Waals surface area contributed by atoms with Crippen LogP contribution in [0, 0.1) is 47.3 Å². The van der Waals surface area contributed by atoms with Crippen LogP contribution in [0.3, 0.4) is 0 Å². The van der Waals surface area contributed by atoms with Gasteiger partial charge in [-0.1, -0.05) is 211 Å². The molecule has 0 bridgehead atoms. The average Bonchev–Trinajstić information content (AvgIpc) is 0.992. The van der Waals surface area contributed by atoms with Crippen LogP contribution in [0.25, 0.3) is 0 Å². The molecule has 3 aliphatic rings. The SMILES string of the molecule is C=S(=O)(O)CCNCCN(CCC(C)C)CCS(=O)(=O)O.CC(=O)C1OC(Cn2nncc2CCCCCCC(C)C)C(O)C(O)C1O.CC(=O)CC(N)C(=O)N(CCC(C)C)CCS(=O)(=O)O.CC(=O)CCCCCNCCN(CCC(C)C)CCS(=O)(=O)O.CC(=O)CCCN(CCC(C)C)C1CCCCC1.CCC(CO)CCCC(C)C.COC1OC(Cn2nncc2CCCCCCC(C)C)C(O)C(O)C1O. The highest BCUT2D eigenvalue weighted by Crippen LogP contribution is 2.28. The van der Waals surface area contributed by atoms with E-state index in [1.807, 2.05) is 18.7 Å². The number of ketones is 4. The van der Waals surface area contributed by atoms with Gasteiger partial charge in [-0.25, -0.2) is 13.6 Å². The number of rotatable bonds is 70. The molecule has 2 aromatic rings. The minimum Gasteiger partial charge on any atom is -0.396 e. The molecular weight excluding hydrogens is 1960 g/mol. The molecule has 13 atom stereocenters. The number of aliphatic hydroxyl groups excluding tert-OH is 7. The number of Topliss-reactive ketones (excluding diaryl/α,β-unsaturated/α-hetero) is 4. The molecule has 4 heterocycles. The fourth-order valence-electron chi connectivity index (χ4n) is 16.2. The smallest absolute Gasteiger partial charge is 0.266 e. The number of ether oxygens (including phenoxy) is 3. The Morgan fingerprint density at radius 1 is 0.459 bits per heavy atom. The van der Waals surface area contributed by atoms with E-state index in [1.165, 1.54) is 129 Å². The van der Waals surface area contributed by atoms with E-state index in [9.17, 15) is 84.1 Å². The van der Waals surface area contributed by atoms with Crippen molar-refractivity contribution in [1.29, 1.82) is 0 Å². The third-order valence-electron chi connectivity index (χ3n) is 25.6. The number of methoxy groups -OCH3 is 1. The Labute approximate surface area is 880 Å². The van der Waals surface area contributed by atoms with Crippen molar-refractivity contribution in [3.8, 4) is 0 Å². The van der Waals surface area contributed by atoms with E-state index in [0.29, 0.717) is 81.6 Å². The molecule has 0 spiro atoms. The molecule has 5 rings (SSSR count). The molecule has 146 heavy (non-hydrogen) atoms. The summed E-state index contributed by atoms with van der Waals surface area (Å²) in [5, 5.41) is 91.4. The Bertz CT molecular complexity index is 4140. The first-order chi connectivity index (χ1) is 68.3. The topological polar surface area (TPSA) is 580 Å². The van der Waals surface area contributed by atoms with Crippen LogP contribution >= 0.6 is 0 Å². The highest BCUT2D eigenvalue weighted by atomic mass is 32.2. The van der Waals surface area contributed by atoms with Gasteiger partial charge in [0.05, 0.1) is 75.7 Å². The second kappa shape index (κ2) is 82.1. The van der Waals surface area contributed by atoms with Crippen molar-refractivity contribution < 1.29 is 122 Å². The van der Waals surface area contributed by atoms with Crippen molar-refractivity contribution in [3.63, 3.8) is 0 Å². The highest BCUT2D eigenvalue weighted by molar-refractivity contribution is 7.95. The highest BCUT2D eigenvalue weighted by Gasteiger charge is 2.47. The van der Waals surface area contributed by atoms with Gasteiger partial charge in [0.25, 0.3) is 30.4 Å². The zero-order valence-electron chi connectivity index (χ0n) is 93.1. The maximum Gasteiger partial charge on any atom is 0.266 e. The predicted molar refractivity (Wildman–Crippen MR) is 580 cm³/mol. The molecular formula is C103H205N13O26S4. The first-order valence-electron chi connectivity index (χ1n) is 54.1. The van der Waals surface area contributed by atoms with Gasteiger partial charge >= 0.3 is 0 Å². The summed E-state index contributed by atoms with van der Waals surface area (Å²) in [7, 11) is -13.6. The van der Waals surface area contributed by atoms with Crippen LogP contribution in [0.4, 0.5) is 0 Å². The van der Waals surface area contributed by atoms with Gasteiger partial charge < -0.3 is 100 Å². The number of nitrogens with one attached hydrogen (secondary N) is 2. The van der Waals surface area contributed by atoms with Crippen molar-refractivity contribution >= 4 is 75.1 Å². The number of aromatic nitrogens is 6. The van der Waals surface area contributed by atoms with E-state index in [4.69, 9.17) is 43.3 Å². The second-order valence-electron chi connectivity index (χ2n) is 43.0. The predicted octanol–water partition coefficient (Wildman–Crippen LogP) is 10.6. The van der Waals surface area contributed by atoms with Gasteiger partial charge in [0.2, 0.25) is 5.91 Å². The maximum atomic E-state index is 12.1. The number of nitrogens with zero attached hydrogens (tertiary/aromatic N) is 10. The number of carbonyl (C=O) groups excluding carboxylic acids is 5. The molecule has 15 N–H and O–H groups in total. The number of nitrogens with two attached hydrogens (primary N) is 1. The third-order valence-corrected chi connectivity index (χ3v) is 28.6. The third kappa shape index (κ3) is 77.8. The molecule has 1 aliphatic carbocycles. The van der Waals surface area contributed by atoms with Crippen LogP contribution in [0.15, 0.2) is 12.4 Å². The zero-order valence-corrected chi connectivity index (χ0v) is 96.4. The lowest BCUT2D eigenvalue weighted by molar-refractivity contribution is -0.292. The van der Waals surface area contributed by atoms with Crippen molar-refractivity contribution in [1.82, 2.24) is 60.2 Å². The van der Waals surface area contributed by atoms with E-state index < -0.39 is 125 Å². The monoisotopic (exact) mass is 2170 g/mol. The van der Waals surface area contributed by atoms with Gasteiger partial charge in [-0.15, -0.1) is 10.2 Å². The summed E-state index contributed by atoms with van der Waals surface area (Å²) >= 11 is 0. The molecule has 2 saturated heterocycles. The van der Waals surface area contributed by atoms with Crippen LogP contribution in [0.2, 0.25) is 0 Å². The molecule has 1 saturated carbocycles. The fourth-order valence-corrected chi connectivity index (χ4v) is 18.1. The molecule has 3 fully saturated rings. The van der Waals surface area contributed by atoms with Crippen LogP contribution < -0.4 is 16.4 Å². The Hall–Kier alpha value is -4.50. The summed E-state index contributed by atoms with van der Waals surface area (Å²) in [5.41, 5.74) is 7.54. The van der Waals surface area contributed by atoms with E-state index >= 15 is 0 Å². The zero-order chi connectivity index (χ0) is 111. The second-order valence-corrected chi connectivity index (χ2v) is 49.6. The number of hydrogen-bond acceptors (Lipinski definition) is 32. The Kier molecular flexibility index (Phi) is 80.7. The standard InChI is InChI=1S/C19H33N3O5.C18H33N3O5.C16H34N2O4S.C16H31NO.C12H28N2O5S2.C12H24N2O5S.C10H22O/c1-12(2)8-6-4-5-7-9-14-10-20-21-22(14)11-15-16(24)17(25)18(26)19(27-15)13(3)23;1-12(2)8-6-4-5-7-9-13-10-19-20-21(13)11-14-15(22)16(23)17(24)18(25-3)26-14;1-15(2)8-11-18(13-14-23(20,21)22)12-10-17-9-6-4-5-7-16(3)19;1-14(2)11-13-17(12-7-8-15(3)18)16-9-5-4-6-10-16;1-12(2)4-7-14(9-11-21(17,18)19)8-5-13-6-10-20(3,15)16;1-9(2)4-5-14(6-7-20(17,18)19)12(16)11(13)8-10(3)15;1-4-10(8-11)7-5-6-9(2)3/h10,12,15-19,24-26H,4-9,11H2,1-3H3;10,12,14-18,22-24H,4-9,11H2,1-3H3;15,17H,4-14H2,1-3H3,(H,20,21,22);14,16H,4-13H2,1-3H3;12-13H,3-11H2,1-2H3,(H,15,16)(H,17,18,19);9,11H,4-8,13H2,1-3H3,(H,17,18,19);9-11H,4-8H2,1-3H3. The first-order valence-corrected chi connectivity index (χ1v) is 60.8. The molecule has 13 unspecified atom stereocenters. The molecule has 2 aliphatic heterocycles. The van der Waals surface area contributed by atoms with E-state index in [2.05, 4.69) is 137 Å². The fraction of sp³-hybridized carbons (Fsp3) is 0.903. The molecule has 0 aromatic carbocycles. The minimum absolute atomic E-state index is 0.0805. The van der Waals surface area contributed by atoms with Crippen LogP contribution in [-0.4, -0.2) is 370 Å². The molecule has 39 nitrogen and oxygen atoms in total. The van der Waals surface area contributed by atoms with Gasteiger partial charge in [-0.3, -0.25) is 28.0 Å². The Morgan fingerprint density at radius 2 is 0.870 bits per heavy atom. The summed E-state index contributed by atoms with van der Waals surface area (Å²) in [6.07, 6.45) is 26.4. The summed E-state index contributed by atoms with van der Waals surface area (Å²) in [5.74, 6) is 6.77. The van der Waals surface area contributed by atoms with Gasteiger partial charge in [0.15, 0.2) is 12.1 Å². The van der Waals surface area contributed by atoms with Gasteiger partial charge in [0.1, 0.15) is 72.3 Å². The maximum absolute atomic E-state index is 12.1. The summed E-state index contributed by atoms with van der Waals surface area (Å²) in [6.45, 7) is 48.2. The summed E-state index contributed by atoms with van der Waals surface area (Å²) in [6, 6.07) is -0.175. The van der Waals surface area contributed by atoms with E-state index in [1.54, 1.807) is 35.6 Å². The van der Waals surface area contributed by atoms with Crippen molar-refractivity contribution in [2.75, 3.05) is 128 Å². The molecule has 2 aromatic heterocycles. The molecule has 862 valence electrons. The van der Waals surface area contributed by atoms with Crippen LogP contribution in [0.1, 0.15) is 336 Å². The van der Waals surface area contributed by atoms with Crippen molar-refractivity contribution in [2.24, 2.45) is 53.1 Å². The number of unbranched alkanes of at least 4 members (excludes halogenated alkanes) is 8. The lowest BCUT2D eigenvalue weighted by atomic mass is 9.93. The van der Waals surface area contributed by atoms with Gasteiger partial charge in [-0.05, 0) is 204 Å². The molecule has 1 amide bonds. The molecule has 43 heteroatoms. The van der Waals surface area contributed by atoms with Gasteiger partial charge in [-0.2, -0.15) is 25.3 Å². The van der Waals surface area contributed by atoms with Crippen molar-refractivity contribution in [2.45, 2.75) is 423 Å². The van der Waals surface area contributed by atoms with Crippen LogP contribution in [0.5, 0.6) is 0 Å². The number of amides is 1. The number of aliphatic hydroxyl groups is 7. The van der Waals surface area contributed by atoms with Crippen LogP contribution in [-0.2, 0) is 104 Å². The number of aryl methyl sites for hydroxylation is 2. The number of carbonyl (C=O) groups is 5. The molecule has 0 radical (unpaired) electrons. The number of hydrogen-bond donors (Lipinski definition) is 14. The average molecular weight is 2170 g/mol. The van der Waals surface area contributed by atoms with Gasteiger partial charge in [0, 0.05) is 97.9 Å². The Balaban J connectivity index is 0. The largest absolute Gasteiger partial charge is 0.396 e. The van der Waals surface area contributed by atoms with E-state index in [-0.39, 0.29) is 61.4 Å². The van der Waals surface area contributed by atoms with Crippen molar-refractivity contribution in [3.05, 3.63) is 23.8 Å². The summed E-state index contributed by atoms with van der Waals surface area (Å²) in [4.78, 5) is 64.6. The summed E-state index contributed by atoms with van der Waals surface area (Å²) < 4.78 is 131. The lowest BCUT2D eigenvalue weighted by Crippen LogP contribution is -2.60. The quantitative estimate of drug-likeness (QED) is 0.0166. The van der Waals surface area contributed by atoms with E-state index in [0.717, 1.165) is 170 Å². The normalized spacial score (nSPS) is 19.7. The lowest BCUT2D eigenvalue weighted by Gasteiger charge is -2.39. The Morgan fingerprint density at radius 3 is 1.29 bits per heavy atom.